The number of fused-ring (bicyclic) bond motifs is 1. The monoisotopic (exact) mass is 336 g/mol. The zero-order valence-corrected chi connectivity index (χ0v) is 14.2. The first-order valence-electron chi connectivity index (χ1n) is 7.83. The molecule has 0 aromatic heterocycles. The summed E-state index contributed by atoms with van der Waals surface area (Å²) in [6.45, 7) is 2.41. The highest BCUT2D eigenvalue weighted by molar-refractivity contribution is 6.31. The van der Waals surface area contributed by atoms with Gasteiger partial charge in [0.25, 0.3) is 0 Å². The molecular weight excluding hydrogens is 316 g/mol. The summed E-state index contributed by atoms with van der Waals surface area (Å²) in [5.41, 5.74) is 1.40. The molecule has 1 amide bonds. The molecule has 6 heteroatoms. The van der Waals surface area contributed by atoms with E-state index in [1.807, 2.05) is 30.0 Å². The molecule has 2 unspecified atom stereocenters. The summed E-state index contributed by atoms with van der Waals surface area (Å²) >= 11 is 5.98. The van der Waals surface area contributed by atoms with Crippen molar-refractivity contribution in [2.24, 2.45) is 0 Å². The number of benzene rings is 1. The summed E-state index contributed by atoms with van der Waals surface area (Å²) in [5.74, 6) is -0.370. The van der Waals surface area contributed by atoms with Gasteiger partial charge in [0.05, 0.1) is 25.2 Å². The van der Waals surface area contributed by atoms with Gasteiger partial charge in [-0.15, -0.1) is 0 Å². The van der Waals surface area contributed by atoms with E-state index < -0.39 is 5.92 Å². The van der Waals surface area contributed by atoms with Gasteiger partial charge in [-0.1, -0.05) is 17.7 Å². The third-order valence-electron chi connectivity index (χ3n) is 4.47. The number of amides is 1. The Labute approximate surface area is 141 Å². The Hall–Kier alpha value is -1.43. The molecule has 1 heterocycles. The number of carbonyl (C=O) groups is 2. The van der Waals surface area contributed by atoms with Crippen LogP contribution >= 0.6 is 11.6 Å². The zero-order valence-electron chi connectivity index (χ0n) is 13.4. The molecule has 23 heavy (non-hydrogen) atoms. The minimum atomic E-state index is -0.391. The van der Waals surface area contributed by atoms with E-state index in [2.05, 4.69) is 0 Å². The molecular formula is C17H21ClN2O3. The Kier molecular flexibility index (Phi) is 4.71. The maximum Gasteiger partial charge on any atom is 0.231 e. The molecule has 1 saturated heterocycles. The molecule has 0 radical (unpaired) electrons. The molecule has 124 valence electrons. The first-order valence-corrected chi connectivity index (χ1v) is 8.20. The van der Waals surface area contributed by atoms with Gasteiger partial charge in [-0.25, -0.2) is 0 Å². The lowest BCUT2D eigenvalue weighted by molar-refractivity contribution is -0.141. The van der Waals surface area contributed by atoms with Crippen molar-refractivity contribution in [3.05, 3.63) is 34.3 Å². The lowest BCUT2D eigenvalue weighted by Gasteiger charge is -2.38. The lowest BCUT2D eigenvalue weighted by atomic mass is 9.98. The summed E-state index contributed by atoms with van der Waals surface area (Å²) in [4.78, 5) is 29.2. The van der Waals surface area contributed by atoms with Gasteiger partial charge in [0.15, 0.2) is 5.78 Å². The fraction of sp³-hybridized carbons (Fsp3) is 0.529. The van der Waals surface area contributed by atoms with Crippen LogP contribution in [0.2, 0.25) is 5.02 Å². The van der Waals surface area contributed by atoms with Crippen LogP contribution in [0.5, 0.6) is 0 Å². The SMILES string of the molecule is CN(C)CC1COCCN1C(=O)C1CC(=O)c2cc(Cl)ccc21. The Balaban J connectivity index is 1.84. The fourth-order valence-corrected chi connectivity index (χ4v) is 3.59. The van der Waals surface area contributed by atoms with Gasteiger partial charge in [-0.3, -0.25) is 9.59 Å². The number of hydrogen-bond donors (Lipinski definition) is 0. The van der Waals surface area contributed by atoms with Gasteiger partial charge in [-0.2, -0.15) is 0 Å². The number of ketones is 1. The number of Topliss-reactive ketones (excluding diaryl/α,β-unsaturated/α-hetero) is 1. The van der Waals surface area contributed by atoms with Crippen molar-refractivity contribution in [2.75, 3.05) is 40.4 Å². The van der Waals surface area contributed by atoms with Crippen LogP contribution in [0.4, 0.5) is 0 Å². The molecule has 0 spiro atoms. The second-order valence-corrected chi connectivity index (χ2v) is 6.87. The van der Waals surface area contributed by atoms with Gasteiger partial charge >= 0.3 is 0 Å². The lowest BCUT2D eigenvalue weighted by Crippen LogP contribution is -2.53. The smallest absolute Gasteiger partial charge is 0.231 e. The second kappa shape index (κ2) is 6.59. The summed E-state index contributed by atoms with van der Waals surface area (Å²) in [5, 5.41) is 0.530. The molecule has 1 aliphatic carbocycles. The van der Waals surface area contributed by atoms with Crippen molar-refractivity contribution in [2.45, 2.75) is 18.4 Å². The van der Waals surface area contributed by atoms with Crippen molar-refractivity contribution >= 4 is 23.3 Å². The summed E-state index contributed by atoms with van der Waals surface area (Å²) in [6.07, 6.45) is 0.237. The second-order valence-electron chi connectivity index (χ2n) is 6.43. The third kappa shape index (κ3) is 3.27. The number of ether oxygens (including phenoxy) is 1. The van der Waals surface area contributed by atoms with Crippen LogP contribution in [0.1, 0.15) is 28.3 Å². The van der Waals surface area contributed by atoms with E-state index in [4.69, 9.17) is 16.3 Å². The first-order chi connectivity index (χ1) is 11.0. The van der Waals surface area contributed by atoms with Crippen molar-refractivity contribution in [3.63, 3.8) is 0 Å². The van der Waals surface area contributed by atoms with Gasteiger partial charge in [0.2, 0.25) is 5.91 Å². The number of carbonyl (C=O) groups excluding carboxylic acids is 2. The molecule has 2 atom stereocenters. The quantitative estimate of drug-likeness (QED) is 0.844. The molecule has 5 nitrogen and oxygen atoms in total. The molecule has 1 aliphatic heterocycles. The van der Waals surface area contributed by atoms with Crippen LogP contribution < -0.4 is 0 Å². The predicted molar refractivity (Wildman–Crippen MR) is 88.0 cm³/mol. The summed E-state index contributed by atoms with van der Waals surface area (Å²) in [7, 11) is 3.96. The summed E-state index contributed by atoms with van der Waals surface area (Å²) < 4.78 is 5.53. The number of rotatable bonds is 3. The maximum absolute atomic E-state index is 13.1. The average Bonchev–Trinajstić information content (AvgIpc) is 2.83. The predicted octanol–water partition coefficient (Wildman–Crippen LogP) is 1.80. The van der Waals surface area contributed by atoms with Crippen molar-refractivity contribution < 1.29 is 14.3 Å². The van der Waals surface area contributed by atoms with Crippen LogP contribution in [-0.2, 0) is 9.53 Å². The van der Waals surface area contributed by atoms with Crippen LogP contribution in [0.25, 0.3) is 0 Å². The van der Waals surface area contributed by atoms with Crippen LogP contribution in [-0.4, -0.2) is 67.9 Å². The normalized spacial score (nSPS) is 24.2. The first kappa shape index (κ1) is 16.4. The van der Waals surface area contributed by atoms with Crippen molar-refractivity contribution in [1.29, 1.82) is 0 Å². The van der Waals surface area contributed by atoms with Gasteiger partial charge in [0.1, 0.15) is 0 Å². The number of halogens is 1. The third-order valence-corrected chi connectivity index (χ3v) is 4.70. The van der Waals surface area contributed by atoms with E-state index in [9.17, 15) is 9.59 Å². The van der Waals surface area contributed by atoms with Gasteiger partial charge < -0.3 is 14.5 Å². The molecule has 0 saturated carbocycles. The minimum absolute atomic E-state index is 0.00160. The van der Waals surface area contributed by atoms with Crippen molar-refractivity contribution in [3.8, 4) is 0 Å². The fourth-order valence-electron chi connectivity index (χ4n) is 3.42. The average molecular weight is 337 g/mol. The highest BCUT2D eigenvalue weighted by Crippen LogP contribution is 2.36. The molecule has 0 bridgehead atoms. The maximum atomic E-state index is 13.1. The van der Waals surface area contributed by atoms with E-state index in [1.165, 1.54) is 0 Å². The van der Waals surface area contributed by atoms with Crippen LogP contribution in [0.15, 0.2) is 18.2 Å². The Bertz CT molecular complexity index is 632. The number of hydrogen-bond acceptors (Lipinski definition) is 4. The zero-order chi connectivity index (χ0) is 16.6. The topological polar surface area (TPSA) is 49.9 Å². The molecule has 1 fully saturated rings. The molecule has 1 aromatic rings. The van der Waals surface area contributed by atoms with E-state index in [0.29, 0.717) is 30.3 Å². The van der Waals surface area contributed by atoms with E-state index >= 15 is 0 Å². The van der Waals surface area contributed by atoms with Crippen molar-refractivity contribution in [1.82, 2.24) is 9.80 Å². The molecule has 2 aliphatic rings. The Morgan fingerprint density at radius 2 is 2.22 bits per heavy atom. The summed E-state index contributed by atoms with van der Waals surface area (Å²) in [6, 6.07) is 5.25. The molecule has 1 aromatic carbocycles. The van der Waals surface area contributed by atoms with E-state index in [0.717, 1.165) is 12.1 Å². The Morgan fingerprint density at radius 1 is 1.43 bits per heavy atom. The Morgan fingerprint density at radius 3 is 2.96 bits per heavy atom. The standard InChI is InChI=1S/C17H21ClN2O3/c1-19(2)9-12-10-23-6-5-20(12)17(22)15-8-16(21)14-7-11(18)3-4-13(14)15/h3-4,7,12,15H,5-6,8-10H2,1-2H3. The van der Waals surface area contributed by atoms with Gasteiger partial charge in [0, 0.05) is 30.1 Å². The largest absolute Gasteiger partial charge is 0.377 e. The van der Waals surface area contributed by atoms with E-state index in [-0.39, 0.29) is 24.2 Å². The number of nitrogens with zero attached hydrogens (tertiary/aromatic N) is 2. The van der Waals surface area contributed by atoms with E-state index in [1.54, 1.807) is 12.1 Å². The molecule has 3 rings (SSSR count). The molecule has 0 N–H and O–H groups in total. The highest BCUT2D eigenvalue weighted by atomic mass is 35.5. The van der Waals surface area contributed by atoms with Gasteiger partial charge in [-0.05, 0) is 31.8 Å². The minimum Gasteiger partial charge on any atom is -0.377 e. The van der Waals surface area contributed by atoms with Crippen LogP contribution in [0.3, 0.4) is 0 Å². The number of likely N-dealkylation sites (N-methyl/N-ethyl adjacent to an activating group) is 1. The van der Waals surface area contributed by atoms with Crippen LogP contribution in [0, 0.1) is 0 Å². The number of morpholine rings is 1. The highest BCUT2D eigenvalue weighted by Gasteiger charge is 2.39.